The number of carboxylic acids is 1. The molecule has 1 aromatic rings. The van der Waals surface area contributed by atoms with Crippen molar-refractivity contribution in [2.75, 3.05) is 11.4 Å². The first-order valence-electron chi connectivity index (χ1n) is 6.70. The SMILES string of the molecule is Cc1ccc2c(c1)N(CCC(=O)O)C(=O)C(C(C)C)O2. The van der Waals surface area contributed by atoms with Crippen molar-refractivity contribution in [3.05, 3.63) is 23.8 Å². The first-order valence-corrected chi connectivity index (χ1v) is 6.70. The number of rotatable bonds is 4. The fourth-order valence-corrected chi connectivity index (χ4v) is 2.26. The second-order valence-corrected chi connectivity index (χ2v) is 5.39. The van der Waals surface area contributed by atoms with Crippen LogP contribution in [0.25, 0.3) is 0 Å². The second-order valence-electron chi connectivity index (χ2n) is 5.39. The van der Waals surface area contributed by atoms with Crippen molar-refractivity contribution in [2.24, 2.45) is 5.92 Å². The molecule has 2 rings (SSSR count). The van der Waals surface area contributed by atoms with E-state index in [1.165, 1.54) is 4.90 Å². The maximum absolute atomic E-state index is 12.5. The third kappa shape index (κ3) is 2.76. The van der Waals surface area contributed by atoms with Crippen molar-refractivity contribution in [1.82, 2.24) is 0 Å². The molecule has 1 aliphatic rings. The van der Waals surface area contributed by atoms with Crippen LogP contribution in [0, 0.1) is 12.8 Å². The Bertz CT molecular complexity index is 539. The minimum atomic E-state index is -0.917. The molecule has 5 heteroatoms. The zero-order chi connectivity index (χ0) is 14.9. The van der Waals surface area contributed by atoms with Crippen LogP contribution in [-0.2, 0) is 9.59 Å². The highest BCUT2D eigenvalue weighted by Gasteiger charge is 2.36. The summed E-state index contributed by atoms with van der Waals surface area (Å²) in [5.41, 5.74) is 1.66. The maximum atomic E-state index is 12.5. The first-order chi connectivity index (χ1) is 9.40. The molecule has 0 spiro atoms. The van der Waals surface area contributed by atoms with Gasteiger partial charge in [-0.3, -0.25) is 9.59 Å². The van der Waals surface area contributed by atoms with Crippen LogP contribution in [0.15, 0.2) is 18.2 Å². The van der Waals surface area contributed by atoms with Crippen molar-refractivity contribution >= 4 is 17.6 Å². The molecule has 0 bridgehead atoms. The predicted octanol–water partition coefficient (Wildman–Crippen LogP) is 2.22. The fraction of sp³-hybridized carbons (Fsp3) is 0.467. The molecular weight excluding hydrogens is 258 g/mol. The summed E-state index contributed by atoms with van der Waals surface area (Å²) in [6, 6.07) is 5.60. The lowest BCUT2D eigenvalue weighted by Crippen LogP contribution is -2.49. The number of aryl methyl sites for hydroxylation is 1. The average Bonchev–Trinajstić information content (AvgIpc) is 2.36. The molecule has 0 radical (unpaired) electrons. The Morgan fingerprint density at radius 1 is 1.45 bits per heavy atom. The number of nitrogens with zero attached hydrogens (tertiary/aromatic N) is 1. The quantitative estimate of drug-likeness (QED) is 0.916. The summed E-state index contributed by atoms with van der Waals surface area (Å²) in [6.45, 7) is 5.92. The number of benzene rings is 1. The lowest BCUT2D eigenvalue weighted by molar-refractivity contribution is -0.136. The largest absolute Gasteiger partial charge is 0.481 e. The van der Waals surface area contributed by atoms with Crippen LogP contribution in [0.2, 0.25) is 0 Å². The Balaban J connectivity index is 2.38. The van der Waals surface area contributed by atoms with Gasteiger partial charge >= 0.3 is 5.97 Å². The van der Waals surface area contributed by atoms with Crippen LogP contribution >= 0.6 is 0 Å². The number of hydrogen-bond donors (Lipinski definition) is 1. The number of carboxylic acid groups (broad SMARTS) is 1. The molecule has 5 nitrogen and oxygen atoms in total. The van der Waals surface area contributed by atoms with Crippen LogP contribution in [-0.4, -0.2) is 29.6 Å². The Morgan fingerprint density at radius 2 is 2.15 bits per heavy atom. The zero-order valence-corrected chi connectivity index (χ0v) is 11.9. The van der Waals surface area contributed by atoms with Crippen molar-refractivity contribution in [3.8, 4) is 5.75 Å². The average molecular weight is 277 g/mol. The number of amides is 1. The molecular formula is C15H19NO4. The van der Waals surface area contributed by atoms with E-state index in [4.69, 9.17) is 9.84 Å². The predicted molar refractivity (Wildman–Crippen MR) is 75.0 cm³/mol. The standard InChI is InChI=1S/C15H19NO4/c1-9(2)14-15(19)16(7-6-13(17)18)11-8-10(3)4-5-12(11)20-14/h4-5,8-9,14H,6-7H2,1-3H3,(H,17,18). The number of ether oxygens (including phenoxy) is 1. The summed E-state index contributed by atoms with van der Waals surface area (Å²) >= 11 is 0. The molecule has 20 heavy (non-hydrogen) atoms. The summed E-state index contributed by atoms with van der Waals surface area (Å²) in [7, 11) is 0. The van der Waals surface area contributed by atoms with Gasteiger partial charge in [0.15, 0.2) is 6.10 Å². The van der Waals surface area contributed by atoms with Gasteiger partial charge in [0.1, 0.15) is 5.75 Å². The summed E-state index contributed by atoms with van der Waals surface area (Å²) in [5, 5.41) is 8.84. The van der Waals surface area contributed by atoms with Gasteiger partial charge in [-0.15, -0.1) is 0 Å². The normalized spacial score (nSPS) is 17.9. The van der Waals surface area contributed by atoms with E-state index < -0.39 is 12.1 Å². The highest BCUT2D eigenvalue weighted by Crippen LogP contribution is 2.36. The van der Waals surface area contributed by atoms with Crippen LogP contribution in [0.1, 0.15) is 25.8 Å². The van der Waals surface area contributed by atoms with E-state index in [-0.39, 0.29) is 24.8 Å². The summed E-state index contributed by atoms with van der Waals surface area (Å²) in [4.78, 5) is 24.8. The third-order valence-electron chi connectivity index (χ3n) is 3.32. The Hall–Kier alpha value is -2.04. The summed E-state index contributed by atoms with van der Waals surface area (Å²) < 4.78 is 5.76. The van der Waals surface area contributed by atoms with Crippen molar-refractivity contribution in [3.63, 3.8) is 0 Å². The number of carbonyl (C=O) groups is 2. The van der Waals surface area contributed by atoms with Crippen molar-refractivity contribution < 1.29 is 19.4 Å². The van der Waals surface area contributed by atoms with Gasteiger partial charge in [-0.05, 0) is 30.5 Å². The van der Waals surface area contributed by atoms with E-state index in [2.05, 4.69) is 0 Å². The molecule has 0 aliphatic carbocycles. The molecule has 1 aromatic carbocycles. The van der Waals surface area contributed by atoms with Crippen LogP contribution < -0.4 is 9.64 Å². The van der Waals surface area contributed by atoms with Gasteiger partial charge in [-0.1, -0.05) is 19.9 Å². The Kier molecular flexibility index (Phi) is 3.97. The van der Waals surface area contributed by atoms with Crippen molar-refractivity contribution in [2.45, 2.75) is 33.3 Å². The number of aliphatic carboxylic acids is 1. The lowest BCUT2D eigenvalue weighted by atomic mass is 10.0. The van der Waals surface area contributed by atoms with Gasteiger partial charge in [0.25, 0.3) is 5.91 Å². The third-order valence-corrected chi connectivity index (χ3v) is 3.32. The number of carbonyl (C=O) groups excluding carboxylic acids is 1. The molecule has 1 amide bonds. The molecule has 1 heterocycles. The Morgan fingerprint density at radius 3 is 2.75 bits per heavy atom. The van der Waals surface area contributed by atoms with Gasteiger partial charge in [-0.2, -0.15) is 0 Å². The highest BCUT2D eigenvalue weighted by molar-refractivity contribution is 6.00. The van der Waals surface area contributed by atoms with Crippen LogP contribution in [0.4, 0.5) is 5.69 Å². The van der Waals surface area contributed by atoms with Crippen LogP contribution in [0.3, 0.4) is 0 Å². The van der Waals surface area contributed by atoms with E-state index in [0.29, 0.717) is 11.4 Å². The zero-order valence-electron chi connectivity index (χ0n) is 11.9. The number of hydrogen-bond acceptors (Lipinski definition) is 3. The molecule has 1 aliphatic heterocycles. The monoisotopic (exact) mass is 277 g/mol. The van der Waals surface area contributed by atoms with E-state index in [1.54, 1.807) is 0 Å². The molecule has 0 fully saturated rings. The molecule has 108 valence electrons. The van der Waals surface area contributed by atoms with E-state index in [9.17, 15) is 9.59 Å². The molecule has 0 saturated carbocycles. The van der Waals surface area contributed by atoms with Gasteiger partial charge in [-0.25, -0.2) is 0 Å². The minimum Gasteiger partial charge on any atom is -0.481 e. The van der Waals surface area contributed by atoms with Gasteiger partial charge in [0.2, 0.25) is 0 Å². The molecule has 1 unspecified atom stereocenters. The van der Waals surface area contributed by atoms with Gasteiger partial charge < -0.3 is 14.7 Å². The smallest absolute Gasteiger partial charge is 0.305 e. The summed E-state index contributed by atoms with van der Waals surface area (Å²) in [6.07, 6.45) is -0.636. The molecule has 0 aromatic heterocycles. The Labute approximate surface area is 118 Å². The lowest BCUT2D eigenvalue weighted by Gasteiger charge is -2.36. The molecule has 1 atom stereocenters. The highest BCUT2D eigenvalue weighted by atomic mass is 16.5. The summed E-state index contributed by atoms with van der Waals surface area (Å²) in [5.74, 6) is -0.414. The van der Waals surface area contributed by atoms with Gasteiger partial charge in [0.05, 0.1) is 12.1 Å². The topological polar surface area (TPSA) is 66.8 Å². The number of fused-ring (bicyclic) bond motifs is 1. The maximum Gasteiger partial charge on any atom is 0.305 e. The van der Waals surface area contributed by atoms with E-state index in [1.807, 2.05) is 39.0 Å². The second kappa shape index (κ2) is 5.53. The van der Waals surface area contributed by atoms with Crippen LogP contribution in [0.5, 0.6) is 5.75 Å². The molecule has 1 N–H and O–H groups in total. The van der Waals surface area contributed by atoms with Crippen molar-refractivity contribution in [1.29, 1.82) is 0 Å². The van der Waals surface area contributed by atoms with E-state index >= 15 is 0 Å². The van der Waals surface area contributed by atoms with Gasteiger partial charge in [0, 0.05) is 6.54 Å². The number of anilines is 1. The molecule has 0 saturated heterocycles. The van der Waals surface area contributed by atoms with E-state index in [0.717, 1.165) is 5.56 Å². The fourth-order valence-electron chi connectivity index (χ4n) is 2.26. The first kappa shape index (κ1) is 14.4. The minimum absolute atomic E-state index is 0.0317.